The number of morpholine rings is 1. The first-order valence-electron chi connectivity index (χ1n) is 21.3. The number of imidazole rings is 1. The number of benzene rings is 2. The van der Waals surface area contributed by atoms with Crippen LogP contribution < -0.4 is 21.2 Å². The van der Waals surface area contributed by atoms with Crippen LogP contribution in [-0.2, 0) is 32.5 Å². The van der Waals surface area contributed by atoms with Crippen LogP contribution in [0.5, 0.6) is 0 Å². The molecule has 3 amide bonds. The molecule has 9 rings (SSSR count). The zero-order valence-electron chi connectivity index (χ0n) is 34.5. The number of rotatable bonds is 13. The molecule has 62 heavy (non-hydrogen) atoms. The van der Waals surface area contributed by atoms with Crippen molar-refractivity contribution in [2.75, 3.05) is 49.7 Å². The van der Waals surface area contributed by atoms with Crippen molar-refractivity contribution in [3.8, 4) is 11.1 Å². The van der Waals surface area contributed by atoms with Gasteiger partial charge in [-0.15, -0.1) is 0 Å². The van der Waals surface area contributed by atoms with E-state index in [2.05, 4.69) is 37.9 Å². The molecule has 6 heterocycles. The summed E-state index contributed by atoms with van der Waals surface area (Å²) in [6, 6.07) is 16.9. The van der Waals surface area contributed by atoms with Crippen LogP contribution >= 0.6 is 0 Å². The number of nitrogens with one attached hydrogen (secondary N) is 2. The highest BCUT2D eigenvalue weighted by Gasteiger charge is 2.32. The molecule has 1 atom stereocenters. The number of imide groups is 1. The number of carbonyl (C=O) groups is 3. The average Bonchev–Trinajstić information content (AvgIpc) is 3.98. The maximum atomic E-state index is 14.2. The highest BCUT2D eigenvalue weighted by atomic mass is 19.3. The predicted molar refractivity (Wildman–Crippen MR) is 228 cm³/mol. The van der Waals surface area contributed by atoms with E-state index in [1.165, 1.54) is 17.0 Å². The number of hydrogen-bond acceptors (Lipinski definition) is 9. The van der Waals surface area contributed by atoms with Gasteiger partial charge < -0.3 is 19.7 Å². The Labute approximate surface area is 355 Å². The van der Waals surface area contributed by atoms with Crippen LogP contribution in [0, 0.1) is 5.92 Å². The third-order valence-electron chi connectivity index (χ3n) is 12.5. The molecule has 2 aliphatic heterocycles. The fraction of sp³-hybridized carbons (Fsp3) is 0.422. The Balaban J connectivity index is 0.771. The van der Waals surface area contributed by atoms with E-state index in [4.69, 9.17) is 9.47 Å². The number of aromatic nitrogens is 6. The number of carbonyl (C=O) groups excluding carboxylic acids is 3. The number of para-hydroxylation sites is 1. The van der Waals surface area contributed by atoms with Crippen LogP contribution in [0.15, 0.2) is 78.0 Å². The minimum atomic E-state index is -2.86. The fourth-order valence-corrected chi connectivity index (χ4v) is 9.20. The molecule has 324 valence electrons. The lowest BCUT2D eigenvalue weighted by atomic mass is 9.86. The van der Waals surface area contributed by atoms with Crippen molar-refractivity contribution in [3.05, 3.63) is 100 Å². The van der Waals surface area contributed by atoms with Crippen molar-refractivity contribution < 1.29 is 32.6 Å². The Morgan fingerprint density at radius 1 is 1.00 bits per heavy atom. The van der Waals surface area contributed by atoms with Gasteiger partial charge in [-0.1, -0.05) is 36.4 Å². The Hall–Kier alpha value is -6.20. The molecule has 0 spiro atoms. The van der Waals surface area contributed by atoms with E-state index >= 15 is 0 Å². The summed E-state index contributed by atoms with van der Waals surface area (Å²) in [5.74, 6) is -0.975. The van der Waals surface area contributed by atoms with Crippen molar-refractivity contribution in [1.82, 2.24) is 33.8 Å². The smallest absolute Gasteiger partial charge is 0.329 e. The summed E-state index contributed by atoms with van der Waals surface area (Å²) >= 11 is 0. The minimum Gasteiger partial charge on any atom is -0.381 e. The van der Waals surface area contributed by atoms with Crippen LogP contribution in [-0.4, -0.2) is 85.8 Å². The van der Waals surface area contributed by atoms with Crippen molar-refractivity contribution in [1.29, 1.82) is 0 Å². The quantitative estimate of drug-likeness (QED) is 0.101. The lowest BCUT2D eigenvalue weighted by molar-refractivity contribution is -0.135. The van der Waals surface area contributed by atoms with E-state index in [1.54, 1.807) is 27.0 Å². The van der Waals surface area contributed by atoms with Gasteiger partial charge >= 0.3 is 5.69 Å². The number of hydrogen-bond donors (Lipinski definition) is 2. The molecule has 17 heteroatoms. The Kier molecular flexibility index (Phi) is 11.7. The largest absolute Gasteiger partial charge is 0.381 e. The average molecular weight is 850 g/mol. The molecule has 2 N–H and O–H groups in total. The van der Waals surface area contributed by atoms with Gasteiger partial charge in [-0.25, -0.2) is 18.1 Å². The van der Waals surface area contributed by atoms with Crippen molar-refractivity contribution in [2.24, 2.45) is 13.0 Å². The number of nitrogens with zero attached hydrogens (tertiary/aromatic N) is 7. The number of piperidine rings is 1. The second-order valence-electron chi connectivity index (χ2n) is 16.4. The second kappa shape index (κ2) is 17.6. The molecule has 3 aliphatic rings. The van der Waals surface area contributed by atoms with Gasteiger partial charge in [0.2, 0.25) is 11.8 Å². The van der Waals surface area contributed by atoms with E-state index in [-0.39, 0.29) is 41.7 Å². The van der Waals surface area contributed by atoms with Gasteiger partial charge in [-0.05, 0) is 80.2 Å². The summed E-state index contributed by atoms with van der Waals surface area (Å²) in [6.45, 7) is 3.90. The first kappa shape index (κ1) is 41.2. The molecule has 3 fully saturated rings. The number of amides is 3. The zero-order valence-corrected chi connectivity index (χ0v) is 34.5. The van der Waals surface area contributed by atoms with E-state index in [9.17, 15) is 28.0 Å². The fourth-order valence-electron chi connectivity index (χ4n) is 9.20. The van der Waals surface area contributed by atoms with E-state index in [1.807, 2.05) is 42.5 Å². The molecule has 1 saturated carbocycles. The highest BCUT2D eigenvalue weighted by molar-refractivity contribution is 6.09. The third-order valence-corrected chi connectivity index (χ3v) is 12.5. The molecule has 1 unspecified atom stereocenters. The van der Waals surface area contributed by atoms with Crippen molar-refractivity contribution in [2.45, 2.75) is 69.9 Å². The predicted octanol–water partition coefficient (Wildman–Crippen LogP) is 6.24. The number of anilines is 2. The topological polar surface area (TPSA) is 159 Å². The van der Waals surface area contributed by atoms with E-state index in [0.717, 1.165) is 79.5 Å². The normalized spacial score (nSPS) is 19.7. The SMILES string of the molecule is Cn1c(=O)n(C2CCC(=O)NC2=O)c2cccc(-c3cccc(CCCOCC4CCC(n5cc(NC(=O)c6cnn7ccc(N8CCOCC8)cc67)c(C(F)F)n5)CC4)c3)c21. The molecule has 1 aliphatic carbocycles. The summed E-state index contributed by atoms with van der Waals surface area (Å²) in [5.41, 5.74) is 5.38. The molecule has 2 saturated heterocycles. The first-order valence-corrected chi connectivity index (χ1v) is 21.3. The summed E-state index contributed by atoms with van der Waals surface area (Å²) < 4.78 is 46.3. The van der Waals surface area contributed by atoms with E-state index in [0.29, 0.717) is 43.4 Å². The molecule has 0 radical (unpaired) electrons. The Bertz CT molecular complexity index is 2690. The van der Waals surface area contributed by atoms with Crippen LogP contribution in [0.3, 0.4) is 0 Å². The van der Waals surface area contributed by atoms with Gasteiger partial charge in [0.05, 0.1) is 53.3 Å². The zero-order chi connectivity index (χ0) is 42.9. The molecule has 6 aromatic rings. The number of ether oxygens (including phenoxy) is 2. The van der Waals surface area contributed by atoms with Crippen LogP contribution in [0.4, 0.5) is 20.2 Å². The van der Waals surface area contributed by atoms with Crippen LogP contribution in [0.25, 0.3) is 27.7 Å². The van der Waals surface area contributed by atoms with Gasteiger partial charge in [-0.2, -0.15) is 10.2 Å². The molecule has 0 bridgehead atoms. The summed E-state index contributed by atoms with van der Waals surface area (Å²) in [5, 5.41) is 13.6. The second-order valence-corrected chi connectivity index (χ2v) is 16.4. The standard InChI is InChI=1S/C45H49F2N9O6/c1-52-41-33(8-3-9-36(41)56(45(52)60)37-14-15-39(57)50-44(37)59)30-7-2-5-28(23-30)6-4-20-62-27-29-10-12-31(13-11-29)55-26-35(40(51-55)42(46)47)49-43(58)34-25-48-54-17-16-32(24-38(34)54)53-18-21-61-22-19-53/h2-3,5,7-9,16-17,23-26,29,31,37,42H,4,6,10-15,18-22,27H2,1H3,(H,49,58)(H,50,57,59). The molecular formula is C45H49F2N9O6. The number of halogens is 2. The van der Waals surface area contributed by atoms with Crippen LogP contribution in [0.1, 0.15) is 85.1 Å². The van der Waals surface area contributed by atoms with Gasteiger partial charge in [0.15, 0.2) is 5.69 Å². The summed E-state index contributed by atoms with van der Waals surface area (Å²) in [4.78, 5) is 53.6. The third kappa shape index (κ3) is 8.25. The number of alkyl halides is 2. The Morgan fingerprint density at radius 2 is 1.81 bits per heavy atom. The maximum Gasteiger partial charge on any atom is 0.329 e. The molecule has 4 aromatic heterocycles. The highest BCUT2D eigenvalue weighted by Crippen LogP contribution is 2.36. The maximum absolute atomic E-state index is 14.2. The van der Waals surface area contributed by atoms with Crippen molar-refractivity contribution in [3.63, 3.8) is 0 Å². The van der Waals surface area contributed by atoms with Gasteiger partial charge in [0.1, 0.15) is 6.04 Å². The van der Waals surface area contributed by atoms with E-state index < -0.39 is 30.0 Å². The molecule has 2 aromatic carbocycles. The molecule has 15 nitrogen and oxygen atoms in total. The molecular weight excluding hydrogens is 801 g/mol. The first-order chi connectivity index (χ1) is 30.1. The van der Waals surface area contributed by atoms with Gasteiger partial charge in [0.25, 0.3) is 12.3 Å². The van der Waals surface area contributed by atoms with Gasteiger partial charge in [0, 0.05) is 63.4 Å². The summed E-state index contributed by atoms with van der Waals surface area (Å²) in [7, 11) is 1.70. The number of aryl methyl sites for hydroxylation is 2. The monoisotopic (exact) mass is 849 g/mol. The van der Waals surface area contributed by atoms with Crippen molar-refractivity contribution >= 4 is 45.6 Å². The summed E-state index contributed by atoms with van der Waals surface area (Å²) in [6.07, 6.45) is 7.21. The lowest BCUT2D eigenvalue weighted by Crippen LogP contribution is -2.44. The number of fused-ring (bicyclic) bond motifs is 2. The van der Waals surface area contributed by atoms with Crippen LogP contribution in [0.2, 0.25) is 0 Å². The lowest BCUT2D eigenvalue weighted by Gasteiger charge is -2.28. The Morgan fingerprint density at radius 3 is 2.60 bits per heavy atom. The van der Waals surface area contributed by atoms with Gasteiger partial charge in [-0.3, -0.25) is 33.5 Å². The minimum absolute atomic E-state index is 0.00350. The number of pyridine rings is 1.